The van der Waals surface area contributed by atoms with Crippen molar-refractivity contribution >= 4 is 34.3 Å². The molecule has 4 aliphatic carbocycles. The highest BCUT2D eigenvalue weighted by Crippen LogP contribution is 2.65. The van der Waals surface area contributed by atoms with Crippen LogP contribution in [0.3, 0.4) is 0 Å². The Balaban J connectivity index is 1.46. The average molecular weight is 505 g/mol. The molecule has 6 rings (SSSR count). The van der Waals surface area contributed by atoms with Gasteiger partial charge in [0.1, 0.15) is 11.7 Å². The van der Waals surface area contributed by atoms with Crippen LogP contribution in [0.1, 0.15) is 44.9 Å². The van der Waals surface area contributed by atoms with E-state index in [1.54, 1.807) is 30.3 Å². The fraction of sp³-hybridized carbons (Fsp3) is 0.577. The number of nitrogens with two attached hydrogens (primary N) is 1. The molecule has 1 amide bonds. The maximum Gasteiger partial charge on any atom is 0.418 e. The summed E-state index contributed by atoms with van der Waals surface area (Å²) in [5.41, 5.74) is 5.32. The second kappa shape index (κ2) is 9.53. The zero-order valence-corrected chi connectivity index (χ0v) is 19.9. The van der Waals surface area contributed by atoms with E-state index >= 15 is 8.78 Å². The minimum atomic E-state index is -4.30. The lowest BCUT2D eigenvalue weighted by atomic mass is 9.45. The van der Waals surface area contributed by atoms with E-state index in [0.717, 1.165) is 25.7 Å². The lowest BCUT2D eigenvalue weighted by Gasteiger charge is -2.59. The molecule has 0 spiro atoms. The highest BCUT2D eigenvalue weighted by atomic mass is 19.3. The van der Waals surface area contributed by atoms with Gasteiger partial charge in [-0.05, 0) is 98.9 Å². The van der Waals surface area contributed by atoms with Crippen LogP contribution in [0.15, 0.2) is 30.3 Å². The molecule has 1 aromatic carbocycles. The van der Waals surface area contributed by atoms with E-state index in [9.17, 15) is 14.1 Å². The lowest BCUT2D eigenvalue weighted by molar-refractivity contribution is -0.232. The molecule has 7 nitrogen and oxygen atoms in total. The smallest absolute Gasteiger partial charge is 0.370 e. The number of fused-ring (bicyclic) bond motifs is 1. The quantitative estimate of drug-likeness (QED) is 0.423. The molecule has 10 heteroatoms. The molecule has 194 valence electrons. The molecule has 4 saturated carbocycles. The van der Waals surface area contributed by atoms with Crippen LogP contribution in [-0.4, -0.2) is 35.9 Å². The van der Waals surface area contributed by atoms with Crippen molar-refractivity contribution in [1.29, 1.82) is 0 Å². The van der Waals surface area contributed by atoms with Crippen LogP contribution >= 0.6 is 0 Å². The van der Waals surface area contributed by atoms with Crippen LogP contribution in [0.25, 0.3) is 10.9 Å². The van der Waals surface area contributed by atoms with Crippen LogP contribution in [0.2, 0.25) is 0 Å². The van der Waals surface area contributed by atoms with Gasteiger partial charge in [-0.2, -0.15) is 8.78 Å². The number of hydrogen-bond donors (Lipinski definition) is 3. The molecule has 4 bridgehead atoms. The van der Waals surface area contributed by atoms with Crippen LogP contribution in [-0.2, 0) is 14.5 Å². The number of hydrogen-bond acceptors (Lipinski definition) is 6. The van der Waals surface area contributed by atoms with Crippen molar-refractivity contribution in [2.24, 2.45) is 34.8 Å². The van der Waals surface area contributed by atoms with Crippen LogP contribution in [0.5, 0.6) is 0 Å². The molecule has 0 radical (unpaired) electrons. The van der Waals surface area contributed by atoms with Crippen molar-refractivity contribution in [2.45, 2.75) is 50.9 Å². The Labute approximate surface area is 207 Å². The van der Waals surface area contributed by atoms with Crippen molar-refractivity contribution in [3.63, 3.8) is 0 Å². The number of nitrogens with one attached hydrogen (secondary N) is 2. The molecule has 1 aromatic heterocycles. The first-order chi connectivity index (χ1) is 17.3. The molecule has 4 aliphatic rings. The normalized spacial score (nSPS) is 27.6. The summed E-state index contributed by atoms with van der Waals surface area (Å²) in [6.45, 7) is 1.19. The van der Waals surface area contributed by atoms with Gasteiger partial charge in [0, 0.05) is 16.5 Å². The highest BCUT2D eigenvalue weighted by molar-refractivity contribution is 6.04. The molecule has 36 heavy (non-hydrogen) atoms. The number of carbonyl (C=O) groups is 2. The van der Waals surface area contributed by atoms with Gasteiger partial charge in [0.05, 0.1) is 11.2 Å². The lowest BCUT2D eigenvalue weighted by Crippen LogP contribution is -2.59. The number of pyridine rings is 1. The fourth-order valence-electron chi connectivity index (χ4n) is 7.41. The van der Waals surface area contributed by atoms with Crippen LogP contribution in [0.4, 0.5) is 24.8 Å². The molecule has 1 heterocycles. The number of aromatic nitrogens is 1. The number of benzene rings is 1. The molecule has 0 saturated heterocycles. The number of rotatable bonds is 9. The third kappa shape index (κ3) is 4.40. The highest BCUT2D eigenvalue weighted by Gasteiger charge is 2.66. The predicted molar refractivity (Wildman–Crippen MR) is 129 cm³/mol. The van der Waals surface area contributed by atoms with Gasteiger partial charge < -0.3 is 16.4 Å². The minimum absolute atomic E-state index is 0.246. The topological polar surface area (TPSA) is 106 Å². The van der Waals surface area contributed by atoms with Gasteiger partial charge in [-0.1, -0.05) is 6.07 Å². The second-order valence-electron chi connectivity index (χ2n) is 10.8. The summed E-state index contributed by atoms with van der Waals surface area (Å²) >= 11 is 0. The van der Waals surface area contributed by atoms with E-state index in [1.807, 2.05) is 0 Å². The van der Waals surface area contributed by atoms with Crippen LogP contribution in [0, 0.1) is 29.1 Å². The third-order valence-electron chi connectivity index (χ3n) is 8.34. The molecule has 1 unspecified atom stereocenters. The minimum Gasteiger partial charge on any atom is -0.370 e. The van der Waals surface area contributed by atoms with E-state index in [1.165, 1.54) is 0 Å². The molecule has 1 atom stereocenters. The Morgan fingerprint density at radius 3 is 2.39 bits per heavy atom. The van der Waals surface area contributed by atoms with Gasteiger partial charge in [0.15, 0.2) is 0 Å². The molecule has 4 N–H and O–H groups in total. The number of amides is 1. The van der Waals surface area contributed by atoms with Gasteiger partial charge in [0.2, 0.25) is 5.91 Å². The Hall–Kier alpha value is -2.88. The van der Waals surface area contributed by atoms with E-state index in [4.69, 9.17) is 5.73 Å². The van der Waals surface area contributed by atoms with Crippen molar-refractivity contribution < 1.29 is 27.8 Å². The molecular weight excluding hydrogens is 473 g/mol. The second-order valence-corrected chi connectivity index (χ2v) is 10.8. The summed E-state index contributed by atoms with van der Waals surface area (Å²) in [4.78, 5) is 33.1. The van der Waals surface area contributed by atoms with Crippen molar-refractivity contribution in [3.05, 3.63) is 30.3 Å². The first kappa shape index (κ1) is 24.8. The van der Waals surface area contributed by atoms with E-state index in [0.29, 0.717) is 54.8 Å². The standard InChI is InChI=1S/C26H31F3N4O3/c27-26(28,24(35)36-29)22(25-12-15-9-16(13-25)11-17(10-15)14-25)23(34)33-20-4-1-3-19-18(20)5-6-21(32-19)31-8-2-7-30/h1,3-6,15-17,22H,2,7-14,30H2,(H,31,32)(H,33,34). The maximum atomic E-state index is 15.5. The first-order valence-electron chi connectivity index (χ1n) is 12.6. The summed E-state index contributed by atoms with van der Waals surface area (Å²) in [6.07, 6.45) is 4.95. The summed E-state index contributed by atoms with van der Waals surface area (Å²) in [7, 11) is 0. The first-order valence-corrected chi connectivity index (χ1v) is 12.6. The SMILES string of the molecule is NCCCNc1ccc2c(NC(=O)C(C34CC5CC(CC(C5)C3)C4)C(F)(F)C(=O)OF)cccc2n1. The van der Waals surface area contributed by atoms with Crippen molar-refractivity contribution in [3.8, 4) is 0 Å². The van der Waals surface area contributed by atoms with Crippen molar-refractivity contribution in [1.82, 2.24) is 4.98 Å². The summed E-state index contributed by atoms with van der Waals surface area (Å²) in [5, 5.41) is 6.37. The summed E-state index contributed by atoms with van der Waals surface area (Å²) in [6, 6.07) is 8.51. The Bertz CT molecular complexity index is 1120. The average Bonchev–Trinajstić information content (AvgIpc) is 2.82. The van der Waals surface area contributed by atoms with Crippen molar-refractivity contribution in [2.75, 3.05) is 23.7 Å². The van der Waals surface area contributed by atoms with E-state index in [-0.39, 0.29) is 17.8 Å². The number of nitrogens with zero attached hydrogens (tertiary/aromatic N) is 1. The Morgan fingerprint density at radius 1 is 1.11 bits per heavy atom. The molecule has 4 fully saturated rings. The van der Waals surface area contributed by atoms with E-state index < -0.39 is 29.1 Å². The maximum absolute atomic E-state index is 15.5. The van der Waals surface area contributed by atoms with Crippen LogP contribution < -0.4 is 16.4 Å². The summed E-state index contributed by atoms with van der Waals surface area (Å²) < 4.78 is 43.7. The monoisotopic (exact) mass is 504 g/mol. The van der Waals surface area contributed by atoms with Gasteiger partial charge in [0.25, 0.3) is 0 Å². The third-order valence-corrected chi connectivity index (χ3v) is 8.34. The van der Waals surface area contributed by atoms with Gasteiger partial charge in [-0.25, -0.2) is 14.7 Å². The number of alkyl halides is 2. The zero-order valence-electron chi connectivity index (χ0n) is 19.9. The molecular formula is C26H31F3N4O3. The predicted octanol–water partition coefficient (Wildman–Crippen LogP) is 4.83. The zero-order chi connectivity index (χ0) is 25.5. The number of halogens is 3. The largest absolute Gasteiger partial charge is 0.418 e. The number of anilines is 2. The summed E-state index contributed by atoms with van der Waals surface area (Å²) in [5.74, 6) is -8.27. The van der Waals surface area contributed by atoms with Gasteiger partial charge in [-0.3, -0.25) is 4.79 Å². The van der Waals surface area contributed by atoms with Gasteiger partial charge >= 0.3 is 11.9 Å². The van der Waals surface area contributed by atoms with Gasteiger partial charge in [-0.15, -0.1) is 0 Å². The Morgan fingerprint density at radius 2 is 1.78 bits per heavy atom. The van der Waals surface area contributed by atoms with E-state index in [2.05, 4.69) is 20.6 Å². The molecule has 0 aliphatic heterocycles. The fourth-order valence-corrected chi connectivity index (χ4v) is 7.41. The molecule has 2 aromatic rings. The Kier molecular flexibility index (Phi) is 6.57. The number of carbonyl (C=O) groups excluding carboxylic acids is 2.